The molecule has 1 aromatic rings. The van der Waals surface area contributed by atoms with Gasteiger partial charge in [-0.2, -0.15) is 0 Å². The lowest BCUT2D eigenvalue weighted by Crippen LogP contribution is -2.27. The number of primary amides is 1. The van der Waals surface area contributed by atoms with Crippen LogP contribution in [0.25, 0.3) is 0 Å². The van der Waals surface area contributed by atoms with Crippen LogP contribution in [0, 0.1) is 6.92 Å². The Morgan fingerprint density at radius 3 is 2.75 bits per heavy atom. The van der Waals surface area contributed by atoms with E-state index in [0.717, 1.165) is 5.56 Å². The van der Waals surface area contributed by atoms with Crippen LogP contribution < -0.4 is 11.1 Å². The summed E-state index contributed by atoms with van der Waals surface area (Å²) in [6.45, 7) is 1.99. The van der Waals surface area contributed by atoms with Crippen molar-refractivity contribution in [2.75, 3.05) is 6.54 Å². The highest BCUT2D eigenvalue weighted by Gasteiger charge is 2.10. The Kier molecular flexibility index (Phi) is 3.88. The molecule has 0 aliphatic heterocycles. The van der Waals surface area contributed by atoms with Gasteiger partial charge in [0.25, 0.3) is 5.91 Å². The van der Waals surface area contributed by atoms with Crippen molar-refractivity contribution in [2.45, 2.75) is 13.3 Å². The van der Waals surface area contributed by atoms with Gasteiger partial charge in [0.2, 0.25) is 5.91 Å². The molecule has 0 bridgehead atoms. The van der Waals surface area contributed by atoms with E-state index in [0.29, 0.717) is 0 Å². The zero-order valence-electron chi connectivity index (χ0n) is 8.99. The van der Waals surface area contributed by atoms with E-state index in [4.69, 9.17) is 5.73 Å². The highest BCUT2D eigenvalue weighted by molar-refractivity contribution is 5.97. The Balaban J connectivity index is 2.65. The van der Waals surface area contributed by atoms with Crippen LogP contribution in [0.4, 0.5) is 0 Å². The number of carbonyl (C=O) groups excluding carboxylic acids is 2. The van der Waals surface area contributed by atoms with Gasteiger partial charge in [0, 0.05) is 13.0 Å². The van der Waals surface area contributed by atoms with Crippen LogP contribution in [0.2, 0.25) is 0 Å². The second kappa shape index (κ2) is 5.16. The topological polar surface area (TPSA) is 92.4 Å². The minimum Gasteiger partial charge on any atom is -0.507 e. The van der Waals surface area contributed by atoms with Gasteiger partial charge in [-0.15, -0.1) is 0 Å². The van der Waals surface area contributed by atoms with Crippen molar-refractivity contribution in [3.05, 3.63) is 29.3 Å². The van der Waals surface area contributed by atoms with Crippen LogP contribution >= 0.6 is 0 Å². The molecule has 0 radical (unpaired) electrons. The van der Waals surface area contributed by atoms with Gasteiger partial charge in [0.1, 0.15) is 5.75 Å². The summed E-state index contributed by atoms with van der Waals surface area (Å²) in [5.41, 5.74) is 6.00. The van der Waals surface area contributed by atoms with Gasteiger partial charge in [0.15, 0.2) is 0 Å². The molecule has 0 unspecified atom stereocenters. The van der Waals surface area contributed by atoms with E-state index >= 15 is 0 Å². The van der Waals surface area contributed by atoms with E-state index in [-0.39, 0.29) is 24.3 Å². The lowest BCUT2D eigenvalue weighted by Gasteiger charge is -2.06. The van der Waals surface area contributed by atoms with Crippen molar-refractivity contribution in [1.29, 1.82) is 0 Å². The molecule has 0 saturated heterocycles. The number of benzene rings is 1. The Morgan fingerprint density at radius 1 is 1.44 bits per heavy atom. The summed E-state index contributed by atoms with van der Waals surface area (Å²) in [7, 11) is 0. The number of hydrogen-bond donors (Lipinski definition) is 3. The van der Waals surface area contributed by atoms with Crippen molar-refractivity contribution < 1.29 is 14.7 Å². The lowest BCUT2D eigenvalue weighted by atomic mass is 10.1. The number of carbonyl (C=O) groups is 2. The van der Waals surface area contributed by atoms with Gasteiger partial charge in [-0.25, -0.2) is 0 Å². The van der Waals surface area contributed by atoms with Crippen LogP contribution in [0.5, 0.6) is 5.75 Å². The van der Waals surface area contributed by atoms with Crippen molar-refractivity contribution >= 4 is 11.8 Å². The molecule has 86 valence electrons. The van der Waals surface area contributed by atoms with E-state index in [9.17, 15) is 14.7 Å². The SMILES string of the molecule is Cc1ccc(O)c(C(=O)NCCC(N)=O)c1. The Labute approximate surface area is 93.3 Å². The predicted octanol–water partition coefficient (Wildman–Crippen LogP) is 0.306. The fraction of sp³-hybridized carbons (Fsp3) is 0.273. The van der Waals surface area contributed by atoms with Gasteiger partial charge < -0.3 is 16.2 Å². The third kappa shape index (κ3) is 3.27. The molecule has 0 aliphatic rings. The molecule has 0 aromatic heterocycles. The zero-order valence-corrected chi connectivity index (χ0v) is 8.99. The smallest absolute Gasteiger partial charge is 0.255 e. The molecule has 4 N–H and O–H groups in total. The molecule has 0 heterocycles. The third-order valence-electron chi connectivity index (χ3n) is 2.05. The number of aryl methyl sites for hydroxylation is 1. The van der Waals surface area contributed by atoms with E-state index in [1.165, 1.54) is 6.07 Å². The first-order valence-corrected chi connectivity index (χ1v) is 4.87. The van der Waals surface area contributed by atoms with Gasteiger partial charge in [-0.05, 0) is 19.1 Å². The largest absolute Gasteiger partial charge is 0.507 e. The van der Waals surface area contributed by atoms with Crippen molar-refractivity contribution in [2.24, 2.45) is 5.73 Å². The summed E-state index contributed by atoms with van der Waals surface area (Å²) < 4.78 is 0. The molecule has 0 spiro atoms. The fourth-order valence-corrected chi connectivity index (χ4v) is 1.23. The van der Waals surface area contributed by atoms with Crippen LogP contribution in [-0.2, 0) is 4.79 Å². The highest BCUT2D eigenvalue weighted by atomic mass is 16.3. The number of nitrogens with two attached hydrogens (primary N) is 1. The van der Waals surface area contributed by atoms with Gasteiger partial charge in [-0.1, -0.05) is 11.6 Å². The quantitative estimate of drug-likeness (QED) is 0.684. The van der Waals surface area contributed by atoms with E-state index in [1.54, 1.807) is 12.1 Å². The Bertz CT molecular complexity index is 416. The molecule has 1 rings (SSSR count). The predicted molar refractivity (Wildman–Crippen MR) is 59.0 cm³/mol. The standard InChI is InChI=1S/C11H14N2O3/c1-7-2-3-9(14)8(6-7)11(16)13-5-4-10(12)15/h2-3,6,14H,4-5H2,1H3,(H2,12,15)(H,13,16). The number of phenols is 1. The normalized spacial score (nSPS) is 9.81. The summed E-state index contributed by atoms with van der Waals surface area (Å²) in [5, 5.41) is 12.0. The molecule has 1 aromatic carbocycles. The van der Waals surface area contributed by atoms with Crippen molar-refractivity contribution in [1.82, 2.24) is 5.32 Å². The van der Waals surface area contributed by atoms with Gasteiger partial charge in [-0.3, -0.25) is 9.59 Å². The van der Waals surface area contributed by atoms with Gasteiger partial charge in [0.05, 0.1) is 5.56 Å². The summed E-state index contributed by atoms with van der Waals surface area (Å²) >= 11 is 0. The average Bonchev–Trinajstić information content (AvgIpc) is 2.21. The number of rotatable bonds is 4. The molecule has 0 atom stereocenters. The summed E-state index contributed by atoms with van der Waals surface area (Å²) in [6, 6.07) is 4.74. The molecule has 5 nitrogen and oxygen atoms in total. The minimum absolute atomic E-state index is 0.0813. The number of nitrogens with one attached hydrogen (secondary N) is 1. The van der Waals surface area contributed by atoms with Crippen LogP contribution in [0.3, 0.4) is 0 Å². The summed E-state index contributed by atoms with van der Waals surface area (Å²) in [6.07, 6.45) is 0.0817. The fourth-order valence-electron chi connectivity index (χ4n) is 1.23. The molecule has 0 aliphatic carbocycles. The van der Waals surface area contributed by atoms with E-state index in [2.05, 4.69) is 5.32 Å². The maximum atomic E-state index is 11.6. The van der Waals surface area contributed by atoms with E-state index < -0.39 is 11.8 Å². The molecular weight excluding hydrogens is 208 g/mol. The lowest BCUT2D eigenvalue weighted by molar-refractivity contribution is -0.117. The molecule has 0 fully saturated rings. The maximum Gasteiger partial charge on any atom is 0.255 e. The van der Waals surface area contributed by atoms with Crippen molar-refractivity contribution in [3.63, 3.8) is 0 Å². The first-order valence-electron chi connectivity index (χ1n) is 4.87. The highest BCUT2D eigenvalue weighted by Crippen LogP contribution is 2.17. The van der Waals surface area contributed by atoms with Gasteiger partial charge >= 0.3 is 0 Å². The first kappa shape index (κ1) is 12.0. The molecule has 2 amide bonds. The molecule has 16 heavy (non-hydrogen) atoms. The van der Waals surface area contributed by atoms with Crippen LogP contribution in [0.1, 0.15) is 22.3 Å². The van der Waals surface area contributed by atoms with E-state index in [1.807, 2.05) is 6.92 Å². The minimum atomic E-state index is -0.478. The number of phenolic OH excluding ortho intramolecular Hbond substituents is 1. The molecule has 5 heteroatoms. The van der Waals surface area contributed by atoms with Crippen LogP contribution in [0.15, 0.2) is 18.2 Å². The molecule has 0 saturated carbocycles. The second-order valence-corrected chi connectivity index (χ2v) is 3.49. The number of aromatic hydroxyl groups is 1. The second-order valence-electron chi connectivity index (χ2n) is 3.49. The Hall–Kier alpha value is -2.04. The number of hydrogen-bond acceptors (Lipinski definition) is 3. The summed E-state index contributed by atoms with van der Waals surface area (Å²) in [4.78, 5) is 22.0. The average molecular weight is 222 g/mol. The van der Waals surface area contributed by atoms with Crippen molar-refractivity contribution in [3.8, 4) is 5.75 Å². The summed E-state index contributed by atoms with van der Waals surface area (Å²) in [5.74, 6) is -0.974. The maximum absolute atomic E-state index is 11.6. The number of amides is 2. The zero-order chi connectivity index (χ0) is 12.1. The van der Waals surface area contributed by atoms with Crippen LogP contribution in [-0.4, -0.2) is 23.5 Å². The Morgan fingerprint density at radius 2 is 2.12 bits per heavy atom. The third-order valence-corrected chi connectivity index (χ3v) is 2.05. The first-order chi connectivity index (χ1) is 7.50. The molecular formula is C11H14N2O3. The monoisotopic (exact) mass is 222 g/mol.